The number of nitrogens with zero attached hydrogens (tertiary/aromatic N) is 1. The lowest BCUT2D eigenvalue weighted by Gasteiger charge is -2.35. The van der Waals surface area contributed by atoms with Gasteiger partial charge in [0.1, 0.15) is 6.04 Å². The molecule has 1 saturated carbocycles. The lowest BCUT2D eigenvalue weighted by molar-refractivity contribution is -0.192. The van der Waals surface area contributed by atoms with Gasteiger partial charge in [0, 0.05) is 6.04 Å². The standard InChI is InChI=1S/C12H20F3NO2/c1-16(9-6-4-2-3-5-7-9)10(8-11(17)18)12(13,14)15/h9-10H,2-8H2,1H3,(H,17,18). The molecule has 0 spiro atoms. The lowest BCUT2D eigenvalue weighted by Crippen LogP contribution is -2.49. The van der Waals surface area contributed by atoms with Crippen LogP contribution in [0.5, 0.6) is 0 Å². The van der Waals surface area contributed by atoms with E-state index in [4.69, 9.17) is 5.11 Å². The van der Waals surface area contributed by atoms with Gasteiger partial charge in [0.25, 0.3) is 0 Å². The van der Waals surface area contributed by atoms with Crippen LogP contribution in [0.15, 0.2) is 0 Å². The quantitative estimate of drug-likeness (QED) is 0.796. The van der Waals surface area contributed by atoms with E-state index in [2.05, 4.69) is 0 Å². The maximum Gasteiger partial charge on any atom is 0.404 e. The van der Waals surface area contributed by atoms with E-state index in [1.54, 1.807) is 0 Å². The molecule has 1 rings (SSSR count). The topological polar surface area (TPSA) is 40.5 Å². The Morgan fingerprint density at radius 2 is 1.78 bits per heavy atom. The summed E-state index contributed by atoms with van der Waals surface area (Å²) in [6.45, 7) is 0. The maximum atomic E-state index is 12.9. The van der Waals surface area contributed by atoms with E-state index in [0.717, 1.165) is 38.5 Å². The third-order valence-corrected chi connectivity index (χ3v) is 3.64. The molecular weight excluding hydrogens is 247 g/mol. The van der Waals surface area contributed by atoms with E-state index < -0.39 is 24.6 Å². The first-order valence-electron chi connectivity index (χ1n) is 6.33. The first-order valence-corrected chi connectivity index (χ1v) is 6.33. The third kappa shape index (κ3) is 4.48. The van der Waals surface area contributed by atoms with Crippen molar-refractivity contribution in [1.82, 2.24) is 4.90 Å². The highest BCUT2D eigenvalue weighted by Crippen LogP contribution is 2.31. The minimum atomic E-state index is -4.49. The van der Waals surface area contributed by atoms with Gasteiger partial charge in [-0.15, -0.1) is 0 Å². The van der Waals surface area contributed by atoms with Crippen LogP contribution in [0.3, 0.4) is 0 Å². The van der Waals surface area contributed by atoms with Crippen LogP contribution in [-0.2, 0) is 4.79 Å². The van der Waals surface area contributed by atoms with E-state index in [0.29, 0.717) is 0 Å². The van der Waals surface area contributed by atoms with Crippen LogP contribution < -0.4 is 0 Å². The van der Waals surface area contributed by atoms with E-state index >= 15 is 0 Å². The second-order valence-electron chi connectivity index (χ2n) is 4.97. The summed E-state index contributed by atoms with van der Waals surface area (Å²) < 4.78 is 38.6. The molecule has 1 fully saturated rings. The molecule has 0 aliphatic heterocycles. The predicted octanol–water partition coefficient (Wildman–Crippen LogP) is 3.05. The van der Waals surface area contributed by atoms with Gasteiger partial charge in [0.2, 0.25) is 0 Å². The molecule has 0 heterocycles. The molecule has 1 aliphatic rings. The summed E-state index contributed by atoms with van der Waals surface area (Å²) in [6.07, 6.45) is 0.0422. The molecule has 0 aromatic heterocycles. The second kappa shape index (κ2) is 6.41. The highest BCUT2D eigenvalue weighted by molar-refractivity contribution is 5.67. The Bertz CT molecular complexity index is 273. The fraction of sp³-hybridized carbons (Fsp3) is 0.917. The van der Waals surface area contributed by atoms with Crippen molar-refractivity contribution in [2.24, 2.45) is 0 Å². The molecule has 0 bridgehead atoms. The van der Waals surface area contributed by atoms with Crippen LogP contribution in [0.2, 0.25) is 0 Å². The van der Waals surface area contributed by atoms with Gasteiger partial charge in [0.15, 0.2) is 0 Å². The molecular formula is C12H20F3NO2. The zero-order valence-corrected chi connectivity index (χ0v) is 10.5. The molecule has 6 heteroatoms. The summed E-state index contributed by atoms with van der Waals surface area (Å²) in [5, 5.41) is 8.62. The van der Waals surface area contributed by atoms with E-state index in [9.17, 15) is 18.0 Å². The molecule has 0 radical (unpaired) electrons. The number of aliphatic carboxylic acids is 1. The summed E-state index contributed by atoms with van der Waals surface area (Å²) >= 11 is 0. The van der Waals surface area contributed by atoms with Crippen molar-refractivity contribution in [1.29, 1.82) is 0 Å². The molecule has 1 aliphatic carbocycles. The summed E-state index contributed by atoms with van der Waals surface area (Å²) in [5.41, 5.74) is 0. The van der Waals surface area contributed by atoms with Crippen LogP contribution in [0.1, 0.15) is 44.9 Å². The average molecular weight is 267 g/mol. The first-order chi connectivity index (χ1) is 8.32. The number of carboxylic acids is 1. The van der Waals surface area contributed by atoms with Crippen molar-refractivity contribution in [3.63, 3.8) is 0 Å². The number of hydrogen-bond donors (Lipinski definition) is 1. The molecule has 3 nitrogen and oxygen atoms in total. The zero-order chi connectivity index (χ0) is 13.8. The minimum absolute atomic E-state index is 0.154. The van der Waals surface area contributed by atoms with Crippen molar-refractivity contribution < 1.29 is 23.1 Å². The number of carbonyl (C=O) groups is 1. The Labute approximate surface area is 105 Å². The van der Waals surface area contributed by atoms with Crippen molar-refractivity contribution in [3.05, 3.63) is 0 Å². The summed E-state index contributed by atoms with van der Waals surface area (Å²) in [7, 11) is 1.40. The number of alkyl halides is 3. The minimum Gasteiger partial charge on any atom is -0.481 e. The second-order valence-corrected chi connectivity index (χ2v) is 4.97. The summed E-state index contributed by atoms with van der Waals surface area (Å²) in [5.74, 6) is -1.40. The van der Waals surface area contributed by atoms with E-state index in [1.807, 2.05) is 0 Å². The lowest BCUT2D eigenvalue weighted by atomic mass is 10.0. The number of hydrogen-bond acceptors (Lipinski definition) is 2. The molecule has 106 valence electrons. The Balaban J connectivity index is 2.73. The van der Waals surface area contributed by atoms with E-state index in [-0.39, 0.29) is 6.04 Å². The monoisotopic (exact) mass is 267 g/mol. The van der Waals surface area contributed by atoms with Crippen molar-refractivity contribution in [2.45, 2.75) is 63.2 Å². The zero-order valence-electron chi connectivity index (χ0n) is 10.5. The van der Waals surface area contributed by atoms with Gasteiger partial charge < -0.3 is 5.11 Å². The van der Waals surface area contributed by atoms with Gasteiger partial charge in [-0.05, 0) is 19.9 Å². The average Bonchev–Trinajstić information content (AvgIpc) is 2.51. The van der Waals surface area contributed by atoms with E-state index in [1.165, 1.54) is 11.9 Å². The van der Waals surface area contributed by atoms with Crippen LogP contribution in [0, 0.1) is 0 Å². The summed E-state index contributed by atoms with van der Waals surface area (Å²) in [6, 6.07) is -2.03. The van der Waals surface area contributed by atoms with Gasteiger partial charge in [-0.25, -0.2) is 0 Å². The SMILES string of the molecule is CN(C1CCCCCC1)C(CC(=O)O)C(F)(F)F. The molecule has 0 amide bonds. The predicted molar refractivity (Wildman–Crippen MR) is 61.3 cm³/mol. The van der Waals surface area contributed by atoms with Gasteiger partial charge >= 0.3 is 12.1 Å². The molecule has 1 atom stereocenters. The van der Waals surface area contributed by atoms with Crippen LogP contribution in [-0.4, -0.2) is 41.3 Å². The van der Waals surface area contributed by atoms with Crippen LogP contribution >= 0.6 is 0 Å². The fourth-order valence-corrected chi connectivity index (χ4v) is 2.58. The fourth-order valence-electron chi connectivity index (χ4n) is 2.58. The molecule has 0 saturated heterocycles. The number of carboxylic acid groups (broad SMARTS) is 1. The smallest absolute Gasteiger partial charge is 0.404 e. The molecule has 0 aromatic rings. The van der Waals surface area contributed by atoms with Gasteiger partial charge in [0.05, 0.1) is 6.42 Å². The number of halogens is 3. The highest BCUT2D eigenvalue weighted by Gasteiger charge is 2.45. The largest absolute Gasteiger partial charge is 0.481 e. The Morgan fingerprint density at radius 3 is 2.17 bits per heavy atom. The first kappa shape index (κ1) is 15.3. The van der Waals surface area contributed by atoms with Crippen LogP contribution in [0.25, 0.3) is 0 Å². The normalized spacial score (nSPS) is 20.7. The molecule has 18 heavy (non-hydrogen) atoms. The molecule has 1 unspecified atom stereocenters. The molecule has 1 N–H and O–H groups in total. The molecule has 0 aromatic carbocycles. The Hall–Kier alpha value is -0.780. The third-order valence-electron chi connectivity index (χ3n) is 3.64. The number of rotatable bonds is 4. The van der Waals surface area contributed by atoms with Crippen molar-refractivity contribution in [3.8, 4) is 0 Å². The van der Waals surface area contributed by atoms with Gasteiger partial charge in [-0.2, -0.15) is 13.2 Å². The van der Waals surface area contributed by atoms with Gasteiger partial charge in [-0.3, -0.25) is 9.69 Å². The van der Waals surface area contributed by atoms with Crippen LogP contribution in [0.4, 0.5) is 13.2 Å². The van der Waals surface area contributed by atoms with Crippen molar-refractivity contribution >= 4 is 5.97 Å². The highest BCUT2D eigenvalue weighted by atomic mass is 19.4. The Kier molecular flexibility index (Phi) is 5.44. The van der Waals surface area contributed by atoms with Gasteiger partial charge in [-0.1, -0.05) is 25.7 Å². The Morgan fingerprint density at radius 1 is 1.28 bits per heavy atom. The summed E-state index contributed by atoms with van der Waals surface area (Å²) in [4.78, 5) is 11.8. The maximum absolute atomic E-state index is 12.9. The van der Waals surface area contributed by atoms with Crippen molar-refractivity contribution in [2.75, 3.05) is 7.05 Å².